The predicted molar refractivity (Wildman–Crippen MR) is 80.3 cm³/mol. The first-order chi connectivity index (χ1) is 9.56. The second kappa shape index (κ2) is 5.64. The summed E-state index contributed by atoms with van der Waals surface area (Å²) < 4.78 is 0. The number of amides is 1. The molecule has 2 N–H and O–H groups in total. The van der Waals surface area contributed by atoms with Gasteiger partial charge >= 0.3 is 0 Å². The summed E-state index contributed by atoms with van der Waals surface area (Å²) >= 11 is 0. The van der Waals surface area contributed by atoms with Crippen LogP contribution in [-0.2, 0) is 4.79 Å². The number of fused-ring (bicyclic) bond motifs is 2. The van der Waals surface area contributed by atoms with E-state index in [9.17, 15) is 4.79 Å². The van der Waals surface area contributed by atoms with E-state index in [1.807, 2.05) is 0 Å². The molecule has 2 bridgehead atoms. The molecular weight excluding hydrogens is 250 g/mol. The number of likely N-dealkylation sites (tertiary alicyclic amines) is 1. The van der Waals surface area contributed by atoms with E-state index in [1.165, 1.54) is 12.8 Å². The Morgan fingerprint density at radius 3 is 2.65 bits per heavy atom. The molecule has 0 spiro atoms. The summed E-state index contributed by atoms with van der Waals surface area (Å²) in [7, 11) is 2.23. The molecule has 5 unspecified atom stereocenters. The van der Waals surface area contributed by atoms with E-state index in [1.54, 1.807) is 0 Å². The van der Waals surface area contributed by atoms with Crippen LogP contribution in [0.4, 0.5) is 0 Å². The number of rotatable bonds is 1. The molecule has 3 aliphatic rings. The quantitative estimate of drug-likeness (QED) is 0.790. The van der Waals surface area contributed by atoms with Crippen molar-refractivity contribution in [1.29, 1.82) is 0 Å². The fourth-order valence-electron chi connectivity index (χ4n) is 4.44. The van der Waals surface area contributed by atoms with Gasteiger partial charge in [-0.25, -0.2) is 0 Å². The third-order valence-electron chi connectivity index (χ3n) is 6.01. The third kappa shape index (κ3) is 2.60. The van der Waals surface area contributed by atoms with Crippen LogP contribution in [-0.4, -0.2) is 54.0 Å². The molecule has 114 valence electrons. The van der Waals surface area contributed by atoms with Crippen molar-refractivity contribution in [1.82, 2.24) is 9.80 Å². The zero-order chi connectivity index (χ0) is 14.3. The van der Waals surface area contributed by atoms with Gasteiger partial charge in [0.1, 0.15) is 0 Å². The molecule has 0 aromatic heterocycles. The largest absolute Gasteiger partial charge is 0.341 e. The first-order valence-electron chi connectivity index (χ1n) is 8.32. The molecule has 3 fully saturated rings. The molecule has 2 heterocycles. The number of carbonyl (C=O) groups excluding carboxylic acids is 1. The minimum Gasteiger partial charge on any atom is -0.341 e. The van der Waals surface area contributed by atoms with Gasteiger partial charge in [-0.2, -0.15) is 0 Å². The SMILES string of the molecule is CC1CCC(N)CC1C(=O)N1CCC2CCC(C1)N2C. The van der Waals surface area contributed by atoms with Gasteiger partial charge in [0.25, 0.3) is 0 Å². The topological polar surface area (TPSA) is 49.6 Å². The van der Waals surface area contributed by atoms with Crippen LogP contribution in [0.1, 0.15) is 45.4 Å². The van der Waals surface area contributed by atoms with Crippen molar-refractivity contribution in [2.45, 2.75) is 63.6 Å². The molecule has 3 rings (SSSR count). The molecule has 0 radical (unpaired) electrons. The Kier molecular flexibility index (Phi) is 4.04. The lowest BCUT2D eigenvalue weighted by Crippen LogP contribution is -2.46. The highest BCUT2D eigenvalue weighted by Gasteiger charge is 2.39. The molecule has 5 atom stereocenters. The number of hydrogen-bond donors (Lipinski definition) is 1. The number of nitrogens with zero attached hydrogens (tertiary/aromatic N) is 2. The second-order valence-corrected chi connectivity index (χ2v) is 7.28. The van der Waals surface area contributed by atoms with Gasteiger partial charge in [0, 0.05) is 37.1 Å². The van der Waals surface area contributed by atoms with Crippen LogP contribution < -0.4 is 5.73 Å². The number of hydrogen-bond acceptors (Lipinski definition) is 3. The van der Waals surface area contributed by atoms with Crippen LogP contribution in [0.25, 0.3) is 0 Å². The van der Waals surface area contributed by atoms with Gasteiger partial charge in [-0.1, -0.05) is 6.92 Å². The Morgan fingerprint density at radius 2 is 1.85 bits per heavy atom. The van der Waals surface area contributed by atoms with E-state index in [4.69, 9.17) is 5.73 Å². The van der Waals surface area contributed by atoms with Crippen LogP contribution in [0.15, 0.2) is 0 Å². The Hall–Kier alpha value is -0.610. The van der Waals surface area contributed by atoms with E-state index < -0.39 is 0 Å². The molecule has 1 saturated carbocycles. The van der Waals surface area contributed by atoms with Crippen molar-refractivity contribution >= 4 is 5.91 Å². The Bertz CT molecular complexity index is 373. The first kappa shape index (κ1) is 14.3. The summed E-state index contributed by atoms with van der Waals surface area (Å²) in [6, 6.07) is 1.51. The molecular formula is C16H29N3O. The lowest BCUT2D eigenvalue weighted by Gasteiger charge is -2.36. The average Bonchev–Trinajstić information content (AvgIpc) is 2.65. The normalized spacial score (nSPS) is 42.5. The van der Waals surface area contributed by atoms with Crippen LogP contribution in [0.5, 0.6) is 0 Å². The van der Waals surface area contributed by atoms with Crippen molar-refractivity contribution in [2.24, 2.45) is 17.6 Å². The van der Waals surface area contributed by atoms with Crippen LogP contribution in [0.3, 0.4) is 0 Å². The minimum absolute atomic E-state index is 0.167. The van der Waals surface area contributed by atoms with Crippen molar-refractivity contribution in [3.63, 3.8) is 0 Å². The van der Waals surface area contributed by atoms with Gasteiger partial charge < -0.3 is 10.6 Å². The molecule has 2 aliphatic heterocycles. The summed E-state index contributed by atoms with van der Waals surface area (Å²) in [6.45, 7) is 4.11. The summed E-state index contributed by atoms with van der Waals surface area (Å²) in [5.74, 6) is 1.05. The smallest absolute Gasteiger partial charge is 0.226 e. The van der Waals surface area contributed by atoms with E-state index >= 15 is 0 Å². The maximum atomic E-state index is 12.9. The van der Waals surface area contributed by atoms with Gasteiger partial charge in [0.05, 0.1) is 0 Å². The van der Waals surface area contributed by atoms with Crippen molar-refractivity contribution in [2.75, 3.05) is 20.1 Å². The number of likely N-dealkylation sites (N-methyl/N-ethyl adjacent to an activating group) is 1. The fourth-order valence-corrected chi connectivity index (χ4v) is 4.44. The fraction of sp³-hybridized carbons (Fsp3) is 0.938. The monoisotopic (exact) mass is 279 g/mol. The summed E-state index contributed by atoms with van der Waals surface area (Å²) in [5, 5.41) is 0. The van der Waals surface area contributed by atoms with Gasteiger partial charge in [0.15, 0.2) is 0 Å². The molecule has 4 heteroatoms. The molecule has 0 aromatic rings. The maximum Gasteiger partial charge on any atom is 0.226 e. The third-order valence-corrected chi connectivity index (χ3v) is 6.01. The van der Waals surface area contributed by atoms with E-state index in [0.29, 0.717) is 23.9 Å². The Balaban J connectivity index is 1.67. The first-order valence-corrected chi connectivity index (χ1v) is 8.32. The lowest BCUT2D eigenvalue weighted by atomic mass is 9.77. The Labute approximate surface area is 122 Å². The zero-order valence-electron chi connectivity index (χ0n) is 12.9. The lowest BCUT2D eigenvalue weighted by molar-refractivity contribution is -0.138. The second-order valence-electron chi connectivity index (χ2n) is 7.28. The molecule has 20 heavy (non-hydrogen) atoms. The number of carbonyl (C=O) groups is 1. The van der Waals surface area contributed by atoms with Crippen molar-refractivity contribution in [3.8, 4) is 0 Å². The zero-order valence-corrected chi connectivity index (χ0v) is 12.9. The van der Waals surface area contributed by atoms with Crippen molar-refractivity contribution in [3.05, 3.63) is 0 Å². The van der Waals surface area contributed by atoms with Crippen LogP contribution in [0, 0.1) is 11.8 Å². The Morgan fingerprint density at radius 1 is 1.10 bits per heavy atom. The average molecular weight is 279 g/mol. The highest BCUT2D eigenvalue weighted by molar-refractivity contribution is 5.79. The van der Waals surface area contributed by atoms with Crippen LogP contribution in [0.2, 0.25) is 0 Å². The standard InChI is InChI=1S/C16H29N3O/c1-11-3-4-12(17)9-15(11)16(20)19-8-7-13-5-6-14(10-19)18(13)2/h11-15H,3-10,17H2,1-2H3. The van der Waals surface area contributed by atoms with Gasteiger partial charge in [-0.05, 0) is 51.5 Å². The predicted octanol–water partition coefficient (Wildman–Crippen LogP) is 1.45. The van der Waals surface area contributed by atoms with Crippen LogP contribution >= 0.6 is 0 Å². The van der Waals surface area contributed by atoms with Crippen molar-refractivity contribution < 1.29 is 4.79 Å². The summed E-state index contributed by atoms with van der Waals surface area (Å²) in [4.78, 5) is 17.6. The van der Waals surface area contributed by atoms with Gasteiger partial charge in [-0.15, -0.1) is 0 Å². The van der Waals surface area contributed by atoms with E-state index in [-0.39, 0.29) is 12.0 Å². The highest BCUT2D eigenvalue weighted by atomic mass is 16.2. The molecule has 1 amide bonds. The van der Waals surface area contributed by atoms with E-state index in [2.05, 4.69) is 23.8 Å². The summed E-state index contributed by atoms with van der Waals surface area (Å²) in [6.07, 6.45) is 6.79. The minimum atomic E-state index is 0.167. The molecule has 0 aromatic carbocycles. The van der Waals surface area contributed by atoms with E-state index in [0.717, 1.165) is 38.8 Å². The van der Waals surface area contributed by atoms with Gasteiger partial charge in [-0.3, -0.25) is 9.69 Å². The van der Waals surface area contributed by atoms with Gasteiger partial charge in [0.2, 0.25) is 5.91 Å². The molecule has 1 aliphatic carbocycles. The molecule has 4 nitrogen and oxygen atoms in total. The molecule has 2 saturated heterocycles. The summed E-state index contributed by atoms with van der Waals surface area (Å²) in [5.41, 5.74) is 6.09. The number of nitrogens with two attached hydrogens (primary N) is 1. The highest BCUT2D eigenvalue weighted by Crippen LogP contribution is 2.33. The maximum absolute atomic E-state index is 12.9.